The number of rotatable bonds is 6. The Labute approximate surface area is 356 Å². The highest BCUT2D eigenvalue weighted by Crippen LogP contribution is 2.51. The maximum atomic E-state index is 2.51. The van der Waals surface area contributed by atoms with Crippen molar-refractivity contribution in [3.63, 3.8) is 0 Å². The summed E-state index contributed by atoms with van der Waals surface area (Å²) in [7, 11) is 0. The summed E-state index contributed by atoms with van der Waals surface area (Å²) in [5.41, 5.74) is 17.1. The van der Waals surface area contributed by atoms with E-state index in [9.17, 15) is 0 Å². The first-order valence-electron chi connectivity index (χ1n) is 21.3. The summed E-state index contributed by atoms with van der Waals surface area (Å²) in [5, 5.41) is 7.54. The molecule has 1 heterocycles. The molecule has 11 aromatic rings. The third-order valence-electron chi connectivity index (χ3n) is 13.2. The third-order valence-corrected chi connectivity index (χ3v) is 13.2. The highest BCUT2D eigenvalue weighted by atomic mass is 15.1. The summed E-state index contributed by atoms with van der Waals surface area (Å²) in [6.45, 7) is 4.70. The van der Waals surface area contributed by atoms with Gasteiger partial charge in [0.05, 0.1) is 16.7 Å². The first-order chi connectivity index (χ1) is 30.0. The van der Waals surface area contributed by atoms with Crippen LogP contribution in [0.2, 0.25) is 0 Å². The lowest BCUT2D eigenvalue weighted by Crippen LogP contribution is -2.16. The third kappa shape index (κ3) is 5.42. The zero-order chi connectivity index (χ0) is 40.7. The molecule has 1 aliphatic rings. The Morgan fingerprint density at radius 2 is 0.951 bits per heavy atom. The van der Waals surface area contributed by atoms with Crippen LogP contribution in [-0.4, -0.2) is 4.57 Å². The molecule has 0 saturated carbocycles. The molecule has 10 aromatic carbocycles. The van der Waals surface area contributed by atoms with Crippen molar-refractivity contribution in [1.82, 2.24) is 4.57 Å². The minimum absolute atomic E-state index is 0.0913. The molecule has 0 aliphatic heterocycles. The van der Waals surface area contributed by atoms with Crippen LogP contribution >= 0.6 is 0 Å². The Balaban J connectivity index is 1.02. The van der Waals surface area contributed by atoms with E-state index in [0.717, 1.165) is 28.3 Å². The zero-order valence-corrected chi connectivity index (χ0v) is 34.2. The standard InChI is InChI=1S/C59H42N2/c1-59(2)54-28-13-10-24-48(54)49-36-35-43(38-55(49)59)60(41-18-4-3-5-19-41)42-33-31-39(32-34-42)45-21-11-14-29-56(45)61-57-30-15-12-25-50(57)51-26-16-27-52(58(51)61)53-37-40-17-6-7-20-44(40)46-22-8-9-23-47(46)53/h3-38H,1-2H3. The van der Waals surface area contributed by atoms with Gasteiger partial charge in [-0.25, -0.2) is 0 Å². The molecule has 0 fully saturated rings. The SMILES string of the molecule is CC1(C)c2ccccc2-c2ccc(N(c3ccccc3)c3ccc(-c4ccccc4-n4c5ccccc5c5cccc(-c6cc7ccccc7c7ccccc67)c54)cc3)cc21. The van der Waals surface area contributed by atoms with Crippen molar-refractivity contribution in [3.8, 4) is 39.1 Å². The molecule has 0 bridgehead atoms. The monoisotopic (exact) mass is 778 g/mol. The predicted octanol–water partition coefficient (Wildman–Crippen LogP) is 16.2. The smallest absolute Gasteiger partial charge is 0.0619 e. The van der Waals surface area contributed by atoms with E-state index in [4.69, 9.17) is 0 Å². The molecule has 0 N–H and O–H groups in total. The molecule has 0 radical (unpaired) electrons. The Hall–Kier alpha value is -7.68. The number of fused-ring (bicyclic) bond motifs is 9. The van der Waals surface area contributed by atoms with E-state index in [2.05, 4.69) is 242 Å². The van der Waals surface area contributed by atoms with Gasteiger partial charge in [0.1, 0.15) is 0 Å². The molecule has 61 heavy (non-hydrogen) atoms. The molecule has 12 rings (SSSR count). The van der Waals surface area contributed by atoms with Gasteiger partial charge in [-0.15, -0.1) is 0 Å². The zero-order valence-electron chi connectivity index (χ0n) is 34.2. The molecule has 0 atom stereocenters. The number of anilines is 3. The number of hydrogen-bond donors (Lipinski definition) is 0. The lowest BCUT2D eigenvalue weighted by Gasteiger charge is -2.28. The average molecular weight is 779 g/mol. The number of hydrogen-bond acceptors (Lipinski definition) is 1. The molecule has 1 aromatic heterocycles. The second kappa shape index (κ2) is 13.7. The van der Waals surface area contributed by atoms with E-state index in [1.165, 1.54) is 82.3 Å². The number of aromatic nitrogens is 1. The van der Waals surface area contributed by atoms with Crippen LogP contribution in [0.4, 0.5) is 17.1 Å². The van der Waals surface area contributed by atoms with Crippen LogP contribution < -0.4 is 4.90 Å². The maximum absolute atomic E-state index is 2.51. The molecule has 0 saturated heterocycles. The number of nitrogens with zero attached hydrogens (tertiary/aromatic N) is 2. The fraction of sp³-hybridized carbons (Fsp3) is 0.0508. The molecule has 0 amide bonds. The molecule has 288 valence electrons. The van der Waals surface area contributed by atoms with Gasteiger partial charge >= 0.3 is 0 Å². The van der Waals surface area contributed by atoms with Crippen LogP contribution in [0.1, 0.15) is 25.0 Å². The van der Waals surface area contributed by atoms with Gasteiger partial charge in [-0.3, -0.25) is 0 Å². The Bertz CT molecular complexity index is 3500. The second-order valence-corrected chi connectivity index (χ2v) is 16.9. The van der Waals surface area contributed by atoms with E-state index in [0.29, 0.717) is 0 Å². The minimum atomic E-state index is -0.0913. The van der Waals surface area contributed by atoms with Crippen molar-refractivity contribution in [2.75, 3.05) is 4.90 Å². The van der Waals surface area contributed by atoms with Crippen molar-refractivity contribution in [1.29, 1.82) is 0 Å². The minimum Gasteiger partial charge on any atom is -0.310 e. The summed E-state index contributed by atoms with van der Waals surface area (Å²) in [5.74, 6) is 0. The second-order valence-electron chi connectivity index (χ2n) is 16.9. The summed E-state index contributed by atoms with van der Waals surface area (Å²) < 4.78 is 2.51. The molecule has 0 unspecified atom stereocenters. The van der Waals surface area contributed by atoms with Crippen molar-refractivity contribution in [3.05, 3.63) is 230 Å². The van der Waals surface area contributed by atoms with E-state index in [-0.39, 0.29) is 5.41 Å². The van der Waals surface area contributed by atoms with E-state index in [1.807, 2.05) is 0 Å². The molecule has 2 nitrogen and oxygen atoms in total. The van der Waals surface area contributed by atoms with Gasteiger partial charge in [0, 0.05) is 44.4 Å². The van der Waals surface area contributed by atoms with Crippen molar-refractivity contribution in [2.24, 2.45) is 0 Å². The molecular weight excluding hydrogens is 737 g/mol. The maximum Gasteiger partial charge on any atom is 0.0619 e. The quantitative estimate of drug-likeness (QED) is 0.153. The van der Waals surface area contributed by atoms with Crippen LogP contribution in [0.3, 0.4) is 0 Å². The Morgan fingerprint density at radius 1 is 0.361 bits per heavy atom. The van der Waals surface area contributed by atoms with E-state index in [1.54, 1.807) is 0 Å². The van der Waals surface area contributed by atoms with Gasteiger partial charge in [-0.1, -0.05) is 178 Å². The average Bonchev–Trinajstić information content (AvgIpc) is 3.78. The van der Waals surface area contributed by atoms with Gasteiger partial charge in [-0.2, -0.15) is 0 Å². The fourth-order valence-electron chi connectivity index (χ4n) is 10.3. The predicted molar refractivity (Wildman–Crippen MR) is 259 cm³/mol. The Morgan fingerprint density at radius 3 is 1.79 bits per heavy atom. The van der Waals surface area contributed by atoms with Crippen LogP contribution in [0.15, 0.2) is 218 Å². The van der Waals surface area contributed by atoms with Crippen LogP contribution in [-0.2, 0) is 5.41 Å². The summed E-state index contributed by atoms with van der Waals surface area (Å²) in [6, 6.07) is 80.4. The van der Waals surface area contributed by atoms with Gasteiger partial charge in [0.25, 0.3) is 0 Å². The van der Waals surface area contributed by atoms with Gasteiger partial charge < -0.3 is 9.47 Å². The molecule has 2 heteroatoms. The highest BCUT2D eigenvalue weighted by Gasteiger charge is 2.35. The van der Waals surface area contributed by atoms with Gasteiger partial charge in [-0.05, 0) is 110 Å². The Kier molecular flexibility index (Phi) is 7.92. The lowest BCUT2D eigenvalue weighted by atomic mass is 9.82. The van der Waals surface area contributed by atoms with Crippen LogP contribution in [0.25, 0.3) is 82.4 Å². The molecular formula is C59H42N2. The number of para-hydroxylation sites is 4. The van der Waals surface area contributed by atoms with Crippen molar-refractivity contribution in [2.45, 2.75) is 19.3 Å². The van der Waals surface area contributed by atoms with Crippen LogP contribution in [0, 0.1) is 0 Å². The first-order valence-corrected chi connectivity index (χ1v) is 21.3. The van der Waals surface area contributed by atoms with E-state index >= 15 is 0 Å². The summed E-state index contributed by atoms with van der Waals surface area (Å²) in [6.07, 6.45) is 0. The van der Waals surface area contributed by atoms with Gasteiger partial charge in [0.15, 0.2) is 0 Å². The summed E-state index contributed by atoms with van der Waals surface area (Å²) in [4.78, 5) is 2.39. The van der Waals surface area contributed by atoms with E-state index < -0.39 is 0 Å². The molecule has 0 spiro atoms. The fourth-order valence-corrected chi connectivity index (χ4v) is 10.3. The normalized spacial score (nSPS) is 12.9. The molecule has 1 aliphatic carbocycles. The van der Waals surface area contributed by atoms with Crippen molar-refractivity contribution >= 4 is 60.4 Å². The lowest BCUT2D eigenvalue weighted by molar-refractivity contribution is 0.660. The number of benzene rings is 10. The van der Waals surface area contributed by atoms with Gasteiger partial charge in [0.2, 0.25) is 0 Å². The summed E-state index contributed by atoms with van der Waals surface area (Å²) >= 11 is 0. The highest BCUT2D eigenvalue weighted by molar-refractivity contribution is 6.19. The largest absolute Gasteiger partial charge is 0.310 e. The topological polar surface area (TPSA) is 8.17 Å². The van der Waals surface area contributed by atoms with Crippen LogP contribution in [0.5, 0.6) is 0 Å². The first kappa shape index (κ1) is 35.3. The van der Waals surface area contributed by atoms with Crippen molar-refractivity contribution < 1.29 is 0 Å².